The Morgan fingerprint density at radius 1 is 0.491 bits per heavy atom. The van der Waals surface area contributed by atoms with Gasteiger partial charge in [-0.15, -0.1) is 0 Å². The zero-order valence-electron chi connectivity index (χ0n) is 66.1. The zero-order valence-corrected chi connectivity index (χ0v) is 66.1. The molecule has 0 aromatic carbocycles. The van der Waals surface area contributed by atoms with E-state index in [0.717, 1.165) is 64.7 Å². The Hall–Kier alpha value is -2.79. The van der Waals surface area contributed by atoms with Gasteiger partial charge < -0.3 is 100 Å². The number of carbonyl (C=O) groups is 3. The highest BCUT2D eigenvalue weighted by Gasteiger charge is 2.60. The average molecular weight is 1520 g/mol. The van der Waals surface area contributed by atoms with Crippen molar-refractivity contribution in [3.8, 4) is 0 Å². The Morgan fingerprint density at radius 2 is 0.906 bits per heavy atom. The summed E-state index contributed by atoms with van der Waals surface area (Å²) < 4.78 is 35.0. The molecule has 0 spiro atoms. The van der Waals surface area contributed by atoms with Crippen LogP contribution in [0.15, 0.2) is 24.3 Å². The molecule has 0 radical (unpaired) electrons. The summed E-state index contributed by atoms with van der Waals surface area (Å²) in [4.78, 5) is 38.7. The van der Waals surface area contributed by atoms with Crippen LogP contribution in [0.1, 0.15) is 348 Å². The number of aliphatic carboxylic acids is 1. The van der Waals surface area contributed by atoms with Gasteiger partial charge in [-0.1, -0.05) is 308 Å². The molecule has 106 heavy (non-hydrogen) atoms. The molecular formula is C83H154N2O21. The molecule has 0 bridgehead atoms. The smallest absolute Gasteiger partial charge is 0.364 e. The Morgan fingerprint density at radius 3 is 1.32 bits per heavy atom. The Labute approximate surface area is 638 Å². The van der Waals surface area contributed by atoms with Gasteiger partial charge in [0.05, 0.1) is 50.7 Å². The number of carbonyl (C=O) groups excluding carboxylic acids is 2. The van der Waals surface area contributed by atoms with E-state index in [1.165, 1.54) is 238 Å². The van der Waals surface area contributed by atoms with E-state index >= 15 is 0 Å². The summed E-state index contributed by atoms with van der Waals surface area (Å²) in [5.41, 5.74) is 0. The van der Waals surface area contributed by atoms with Crippen molar-refractivity contribution in [2.24, 2.45) is 0 Å². The van der Waals surface area contributed by atoms with Crippen LogP contribution < -0.4 is 10.6 Å². The summed E-state index contributed by atoms with van der Waals surface area (Å²) in [7, 11) is 0. The Bertz CT molecular complexity index is 2200. The van der Waals surface area contributed by atoms with Crippen molar-refractivity contribution in [1.82, 2.24) is 10.6 Å². The van der Waals surface area contributed by atoms with Crippen molar-refractivity contribution in [2.45, 2.75) is 458 Å². The quantitative estimate of drug-likeness (QED) is 0.0199. The number of nitrogens with one attached hydrogen (secondary N) is 2. The second kappa shape index (κ2) is 61.8. The van der Waals surface area contributed by atoms with E-state index in [-0.39, 0.29) is 18.9 Å². The van der Waals surface area contributed by atoms with Crippen molar-refractivity contribution in [1.29, 1.82) is 0 Å². The molecule has 18 unspecified atom stereocenters. The third-order valence-electron chi connectivity index (χ3n) is 21.7. The molecular weight excluding hydrogens is 1360 g/mol. The van der Waals surface area contributed by atoms with Gasteiger partial charge in [-0.2, -0.15) is 0 Å². The maximum Gasteiger partial charge on any atom is 0.364 e. The van der Waals surface area contributed by atoms with Crippen molar-refractivity contribution >= 4 is 17.8 Å². The van der Waals surface area contributed by atoms with Crippen molar-refractivity contribution < 1.29 is 104 Å². The molecule has 23 nitrogen and oxygen atoms in total. The van der Waals surface area contributed by atoms with Crippen molar-refractivity contribution in [3.63, 3.8) is 0 Å². The third-order valence-corrected chi connectivity index (χ3v) is 21.7. The zero-order chi connectivity index (χ0) is 77.4. The van der Waals surface area contributed by atoms with Crippen LogP contribution in [0.5, 0.6) is 0 Å². The van der Waals surface area contributed by atoms with Crippen LogP contribution in [-0.4, -0.2) is 215 Å². The first kappa shape index (κ1) is 97.4. The van der Waals surface area contributed by atoms with Crippen LogP contribution in [0.4, 0.5) is 0 Å². The summed E-state index contributed by atoms with van der Waals surface area (Å²) in [6.07, 6.45) is 40.4. The van der Waals surface area contributed by atoms with Crippen LogP contribution >= 0.6 is 0 Å². The SMILES string of the molecule is CCCCCCCCCCC/C=C\C/C=C\CCCCCCCCCCCCCCCCCCCC(=O)NC(COC1OC(CO)C(OC2OC(CO)C(O)C(OC3(C(=O)O)CC(O)C(NC(C)=O)C(C(O)C(O)CO)O3)C2O)C(O)C1O)C(O)CCCCCCCCCCCCCCCCCCCCC. The number of rotatable bonds is 68. The first-order valence-corrected chi connectivity index (χ1v) is 42.7. The molecule has 3 saturated heterocycles. The number of allylic oxidation sites excluding steroid dienone is 4. The van der Waals surface area contributed by atoms with Gasteiger partial charge in [-0.3, -0.25) is 9.59 Å². The predicted molar refractivity (Wildman–Crippen MR) is 412 cm³/mol. The molecule has 23 heteroatoms. The van der Waals surface area contributed by atoms with Crippen LogP contribution in [0.25, 0.3) is 0 Å². The molecule has 3 rings (SSSR count). The predicted octanol–water partition coefficient (Wildman–Crippen LogP) is 12.3. The molecule has 3 aliphatic heterocycles. The number of unbranched alkanes of at least 4 members (excludes halogenated alkanes) is 44. The second-order valence-corrected chi connectivity index (χ2v) is 31.0. The van der Waals surface area contributed by atoms with Gasteiger partial charge in [0.2, 0.25) is 11.8 Å². The minimum atomic E-state index is -3.08. The van der Waals surface area contributed by atoms with Gasteiger partial charge in [-0.25, -0.2) is 4.79 Å². The number of hydrogen-bond acceptors (Lipinski definition) is 20. The van der Waals surface area contributed by atoms with Crippen LogP contribution in [-0.2, 0) is 42.8 Å². The van der Waals surface area contributed by atoms with E-state index in [1.807, 2.05) is 0 Å². The van der Waals surface area contributed by atoms with Gasteiger partial charge in [0.1, 0.15) is 67.1 Å². The topological polar surface area (TPSA) is 373 Å². The molecule has 3 aliphatic rings. The summed E-state index contributed by atoms with van der Waals surface area (Å²) in [6.45, 7) is 2.26. The molecule has 3 fully saturated rings. The van der Waals surface area contributed by atoms with E-state index in [2.05, 4.69) is 48.8 Å². The van der Waals surface area contributed by atoms with Gasteiger partial charge in [0.25, 0.3) is 5.79 Å². The molecule has 622 valence electrons. The van der Waals surface area contributed by atoms with Crippen LogP contribution in [0, 0.1) is 0 Å². The number of ether oxygens (including phenoxy) is 6. The normalized spacial score (nSPS) is 26.2. The molecule has 0 aromatic heterocycles. The fourth-order valence-corrected chi connectivity index (χ4v) is 14.9. The van der Waals surface area contributed by atoms with Gasteiger partial charge in [0, 0.05) is 19.8 Å². The largest absolute Gasteiger partial charge is 0.477 e. The maximum absolute atomic E-state index is 13.6. The van der Waals surface area contributed by atoms with E-state index in [4.69, 9.17) is 28.4 Å². The molecule has 3 heterocycles. The molecule has 18 atom stereocenters. The molecule has 0 saturated carbocycles. The molecule has 2 amide bonds. The van der Waals surface area contributed by atoms with Gasteiger partial charge >= 0.3 is 5.97 Å². The maximum atomic E-state index is 13.6. The van der Waals surface area contributed by atoms with E-state index < -0.39 is 148 Å². The number of amides is 2. The monoisotopic (exact) mass is 1520 g/mol. The summed E-state index contributed by atoms with van der Waals surface area (Å²) >= 11 is 0. The van der Waals surface area contributed by atoms with E-state index in [9.17, 15) is 75.7 Å². The summed E-state index contributed by atoms with van der Waals surface area (Å²) in [5.74, 6) is -6.09. The second-order valence-electron chi connectivity index (χ2n) is 31.0. The Kier molecular flexibility index (Phi) is 56.7. The van der Waals surface area contributed by atoms with Crippen molar-refractivity contribution in [3.05, 3.63) is 24.3 Å². The Balaban J connectivity index is 1.46. The minimum absolute atomic E-state index is 0.226. The number of carboxylic acids is 1. The fourth-order valence-electron chi connectivity index (χ4n) is 14.9. The number of aliphatic hydroxyl groups excluding tert-OH is 11. The summed E-state index contributed by atoms with van der Waals surface area (Å²) in [6, 6.07) is -2.53. The number of aliphatic hydroxyl groups is 11. The lowest BCUT2D eigenvalue weighted by Gasteiger charge is -2.50. The lowest BCUT2D eigenvalue weighted by atomic mass is 9.88. The highest BCUT2D eigenvalue weighted by molar-refractivity contribution is 5.77. The first-order chi connectivity index (χ1) is 51.4. The molecule has 0 aliphatic carbocycles. The lowest BCUT2D eigenvalue weighted by Crippen LogP contribution is -2.70. The number of hydrogen-bond donors (Lipinski definition) is 14. The highest BCUT2D eigenvalue weighted by atomic mass is 16.8. The van der Waals surface area contributed by atoms with E-state index in [1.54, 1.807) is 0 Å². The van der Waals surface area contributed by atoms with Gasteiger partial charge in [0.15, 0.2) is 12.6 Å². The third kappa shape index (κ3) is 41.1. The molecule has 14 N–H and O–H groups in total. The van der Waals surface area contributed by atoms with E-state index in [0.29, 0.717) is 19.3 Å². The lowest BCUT2D eigenvalue weighted by molar-refractivity contribution is -0.386. The highest BCUT2D eigenvalue weighted by Crippen LogP contribution is 2.39. The fraction of sp³-hybridized carbons (Fsp3) is 0.916. The van der Waals surface area contributed by atoms with Crippen LogP contribution in [0.3, 0.4) is 0 Å². The minimum Gasteiger partial charge on any atom is -0.477 e. The van der Waals surface area contributed by atoms with Gasteiger partial charge in [-0.05, 0) is 44.9 Å². The van der Waals surface area contributed by atoms with Crippen molar-refractivity contribution in [2.75, 3.05) is 26.4 Å². The average Bonchev–Trinajstić information content (AvgIpc) is 0.755. The molecule has 0 aromatic rings. The standard InChI is InChI=1S/C83H154N2O21/c1-4-6-8-10-12-14-16-18-20-22-24-25-26-27-28-29-30-31-32-33-34-35-36-37-39-41-43-45-47-49-51-53-55-57-70(93)85-64(65(90)56-54-52-50-48-46-44-42-40-38-23-21-19-17-15-13-11-9-7-5-2)62-101-80-75(97)74(96)77(69(61-88)103-80)104-81-76(98)79(73(95)68(60-87)102-81)106-83(82(99)100)58-66(91)71(84-63(3)89)78(105-83)72(94)67(92)59-86/h24-25,27-28,64-69,71-81,86-88,90-92,94-98H,4-23,26,29-62H2,1-3H3,(H,84,89)(H,85,93)(H,99,100)/b25-24-,28-27-. The summed E-state index contributed by atoms with van der Waals surface area (Å²) in [5, 5.41) is 137. The number of carboxylic acid groups (broad SMARTS) is 1. The first-order valence-electron chi connectivity index (χ1n) is 42.7. The van der Waals surface area contributed by atoms with Crippen LogP contribution in [0.2, 0.25) is 0 Å².